The van der Waals surface area contributed by atoms with Gasteiger partial charge in [-0.15, -0.1) is 0 Å². The fraction of sp³-hybridized carbons (Fsp3) is 0.857. The van der Waals surface area contributed by atoms with Gasteiger partial charge in [-0.1, -0.05) is 0 Å². The largest absolute Gasteiger partial charge is 0.375 e. The Balaban J connectivity index is 3.71. The Morgan fingerprint density at radius 2 is 2.27 bits per heavy atom. The number of likely N-dealkylation sites (N-methyl/N-ethyl adjacent to an activating group) is 1. The zero-order valence-electron chi connectivity index (χ0n) is 7.17. The molecule has 0 aliphatic carbocycles. The van der Waals surface area contributed by atoms with Crippen LogP contribution in [0.15, 0.2) is 0 Å². The molecule has 11 heavy (non-hydrogen) atoms. The van der Waals surface area contributed by atoms with Crippen LogP contribution >= 0.6 is 0 Å². The zero-order chi connectivity index (χ0) is 8.69. The van der Waals surface area contributed by atoms with E-state index in [1.54, 1.807) is 4.90 Å². The van der Waals surface area contributed by atoms with E-state index in [4.69, 9.17) is 10.5 Å². The van der Waals surface area contributed by atoms with E-state index in [1.165, 1.54) is 7.11 Å². The third-order valence-corrected chi connectivity index (χ3v) is 1.40. The van der Waals surface area contributed by atoms with E-state index in [1.807, 2.05) is 6.92 Å². The fourth-order valence-corrected chi connectivity index (χ4v) is 0.830. The topological polar surface area (TPSA) is 55.6 Å². The van der Waals surface area contributed by atoms with Crippen molar-refractivity contribution in [1.82, 2.24) is 4.90 Å². The summed E-state index contributed by atoms with van der Waals surface area (Å²) in [5.74, 6) is 0.000417. The van der Waals surface area contributed by atoms with Crippen molar-refractivity contribution in [2.24, 2.45) is 5.73 Å². The minimum Gasteiger partial charge on any atom is -0.375 e. The lowest BCUT2D eigenvalue weighted by atomic mass is 10.4. The average molecular weight is 160 g/mol. The van der Waals surface area contributed by atoms with Crippen molar-refractivity contribution in [3.05, 3.63) is 0 Å². The first-order valence-electron chi connectivity index (χ1n) is 3.73. The summed E-state index contributed by atoms with van der Waals surface area (Å²) in [5.41, 5.74) is 5.30. The molecular formula is C7H16N2O2. The molecule has 0 unspecified atom stereocenters. The molecule has 0 fully saturated rings. The van der Waals surface area contributed by atoms with Gasteiger partial charge in [-0.2, -0.15) is 0 Å². The number of amides is 1. The molecule has 0 aromatic heterocycles. The quantitative estimate of drug-likeness (QED) is 0.586. The van der Waals surface area contributed by atoms with Crippen molar-refractivity contribution in [2.45, 2.75) is 6.92 Å². The highest BCUT2D eigenvalue weighted by Crippen LogP contribution is 1.87. The zero-order valence-corrected chi connectivity index (χ0v) is 7.17. The van der Waals surface area contributed by atoms with E-state index < -0.39 is 0 Å². The minimum atomic E-state index is 0.000417. The van der Waals surface area contributed by atoms with E-state index in [0.717, 1.165) is 0 Å². The Labute approximate surface area is 67.3 Å². The minimum absolute atomic E-state index is 0.000417. The van der Waals surface area contributed by atoms with E-state index in [0.29, 0.717) is 19.6 Å². The van der Waals surface area contributed by atoms with Crippen LogP contribution in [0.4, 0.5) is 0 Å². The summed E-state index contributed by atoms with van der Waals surface area (Å²) in [7, 11) is 1.51. The average Bonchev–Trinajstić information content (AvgIpc) is 2.00. The first-order chi connectivity index (χ1) is 5.26. The van der Waals surface area contributed by atoms with Gasteiger partial charge >= 0.3 is 0 Å². The molecule has 0 aromatic carbocycles. The van der Waals surface area contributed by atoms with Crippen LogP contribution in [0.3, 0.4) is 0 Å². The molecule has 2 N–H and O–H groups in total. The Kier molecular flexibility index (Phi) is 5.78. The summed E-state index contributed by atoms with van der Waals surface area (Å²) in [4.78, 5) is 12.8. The van der Waals surface area contributed by atoms with Crippen molar-refractivity contribution in [3.8, 4) is 0 Å². The molecule has 0 heterocycles. The number of hydrogen-bond donors (Lipinski definition) is 1. The van der Waals surface area contributed by atoms with Crippen molar-refractivity contribution < 1.29 is 9.53 Å². The lowest BCUT2D eigenvalue weighted by Crippen LogP contribution is -2.37. The monoisotopic (exact) mass is 160 g/mol. The number of ether oxygens (including phenoxy) is 1. The Hall–Kier alpha value is -0.610. The lowest BCUT2D eigenvalue weighted by Gasteiger charge is -2.18. The Morgan fingerprint density at radius 3 is 2.64 bits per heavy atom. The number of hydrogen-bond acceptors (Lipinski definition) is 3. The summed E-state index contributed by atoms with van der Waals surface area (Å²) >= 11 is 0. The van der Waals surface area contributed by atoms with Crippen LogP contribution in [-0.2, 0) is 9.53 Å². The summed E-state index contributed by atoms with van der Waals surface area (Å²) in [6, 6.07) is 0. The van der Waals surface area contributed by atoms with Gasteiger partial charge in [-0.25, -0.2) is 0 Å². The fourth-order valence-electron chi connectivity index (χ4n) is 0.830. The predicted octanol–water partition coefficient (Wildman–Crippen LogP) is -0.560. The summed E-state index contributed by atoms with van der Waals surface area (Å²) in [6.07, 6.45) is 0. The third kappa shape index (κ3) is 3.95. The normalized spacial score (nSPS) is 9.73. The van der Waals surface area contributed by atoms with Crippen LogP contribution in [-0.4, -0.2) is 44.2 Å². The molecule has 0 atom stereocenters. The van der Waals surface area contributed by atoms with Crippen LogP contribution in [0.5, 0.6) is 0 Å². The highest BCUT2D eigenvalue weighted by molar-refractivity contribution is 5.77. The maximum Gasteiger partial charge on any atom is 0.248 e. The lowest BCUT2D eigenvalue weighted by molar-refractivity contribution is -0.134. The molecule has 4 heteroatoms. The van der Waals surface area contributed by atoms with Crippen LogP contribution in [0.25, 0.3) is 0 Å². The smallest absolute Gasteiger partial charge is 0.248 e. The van der Waals surface area contributed by atoms with Crippen LogP contribution in [0.1, 0.15) is 6.92 Å². The van der Waals surface area contributed by atoms with Gasteiger partial charge in [-0.05, 0) is 6.92 Å². The molecule has 0 saturated heterocycles. The van der Waals surface area contributed by atoms with Gasteiger partial charge in [0.15, 0.2) is 0 Å². The maximum atomic E-state index is 11.1. The Bertz CT molecular complexity index is 117. The van der Waals surface area contributed by atoms with E-state index in [2.05, 4.69) is 0 Å². The first-order valence-corrected chi connectivity index (χ1v) is 3.73. The van der Waals surface area contributed by atoms with E-state index in [9.17, 15) is 4.79 Å². The molecular weight excluding hydrogens is 144 g/mol. The SMILES string of the molecule is CCN(CCN)C(=O)COC. The molecule has 4 nitrogen and oxygen atoms in total. The maximum absolute atomic E-state index is 11.1. The highest BCUT2D eigenvalue weighted by atomic mass is 16.5. The summed E-state index contributed by atoms with van der Waals surface area (Å²) < 4.78 is 4.70. The molecule has 0 saturated carbocycles. The number of rotatable bonds is 5. The Morgan fingerprint density at radius 1 is 1.64 bits per heavy atom. The van der Waals surface area contributed by atoms with Gasteiger partial charge in [0.2, 0.25) is 5.91 Å². The molecule has 0 aromatic rings. The van der Waals surface area contributed by atoms with E-state index in [-0.39, 0.29) is 12.5 Å². The first kappa shape index (κ1) is 10.4. The number of carbonyl (C=O) groups excluding carboxylic acids is 1. The van der Waals surface area contributed by atoms with Gasteiger partial charge in [0, 0.05) is 26.7 Å². The second-order valence-electron chi connectivity index (χ2n) is 2.20. The summed E-state index contributed by atoms with van der Waals surface area (Å²) in [5, 5.41) is 0. The number of nitrogens with zero attached hydrogens (tertiary/aromatic N) is 1. The van der Waals surface area contributed by atoms with Crippen molar-refractivity contribution in [1.29, 1.82) is 0 Å². The molecule has 0 spiro atoms. The highest BCUT2D eigenvalue weighted by Gasteiger charge is 2.08. The van der Waals surface area contributed by atoms with Gasteiger partial charge in [0.25, 0.3) is 0 Å². The summed E-state index contributed by atoms with van der Waals surface area (Å²) in [6.45, 7) is 3.87. The van der Waals surface area contributed by atoms with Gasteiger partial charge in [-0.3, -0.25) is 4.79 Å². The van der Waals surface area contributed by atoms with E-state index >= 15 is 0 Å². The standard InChI is InChI=1S/C7H16N2O2/c1-3-9(5-4-8)7(10)6-11-2/h3-6,8H2,1-2H3. The molecule has 0 bridgehead atoms. The van der Waals surface area contributed by atoms with Gasteiger partial charge in [0.1, 0.15) is 6.61 Å². The molecule has 0 aliphatic rings. The van der Waals surface area contributed by atoms with Crippen molar-refractivity contribution in [2.75, 3.05) is 33.4 Å². The second kappa shape index (κ2) is 6.12. The number of methoxy groups -OCH3 is 1. The number of carbonyl (C=O) groups is 1. The van der Waals surface area contributed by atoms with Crippen molar-refractivity contribution >= 4 is 5.91 Å². The van der Waals surface area contributed by atoms with Gasteiger partial charge < -0.3 is 15.4 Å². The molecule has 1 amide bonds. The molecule has 0 aliphatic heterocycles. The molecule has 0 radical (unpaired) electrons. The second-order valence-corrected chi connectivity index (χ2v) is 2.20. The number of nitrogens with two attached hydrogens (primary N) is 1. The van der Waals surface area contributed by atoms with Gasteiger partial charge in [0.05, 0.1) is 0 Å². The van der Waals surface area contributed by atoms with Crippen LogP contribution < -0.4 is 5.73 Å². The van der Waals surface area contributed by atoms with Crippen molar-refractivity contribution in [3.63, 3.8) is 0 Å². The molecule has 66 valence electrons. The predicted molar refractivity (Wildman–Crippen MR) is 43.2 cm³/mol. The van der Waals surface area contributed by atoms with Crippen LogP contribution in [0, 0.1) is 0 Å². The molecule has 0 rings (SSSR count). The van der Waals surface area contributed by atoms with Crippen LogP contribution in [0.2, 0.25) is 0 Å². The third-order valence-electron chi connectivity index (χ3n) is 1.40.